The molecule has 0 radical (unpaired) electrons. The van der Waals surface area contributed by atoms with Crippen LogP contribution in [0, 0.1) is 17.8 Å². The molecule has 4 nitrogen and oxygen atoms in total. The highest BCUT2D eigenvalue weighted by atomic mass is 16.2. The van der Waals surface area contributed by atoms with Gasteiger partial charge < -0.3 is 15.5 Å². The van der Waals surface area contributed by atoms with Gasteiger partial charge in [-0.2, -0.15) is 0 Å². The fourth-order valence-electron chi connectivity index (χ4n) is 4.20. The largest absolute Gasteiger partial charge is 0.340 e. The van der Waals surface area contributed by atoms with Crippen molar-refractivity contribution in [1.29, 1.82) is 0 Å². The van der Waals surface area contributed by atoms with E-state index in [2.05, 4.69) is 16.7 Å². The Morgan fingerprint density at radius 1 is 1.17 bits per heavy atom. The third kappa shape index (κ3) is 1.95. The van der Waals surface area contributed by atoms with Crippen LogP contribution in [0.25, 0.3) is 0 Å². The summed E-state index contributed by atoms with van der Waals surface area (Å²) in [5, 5.41) is 0. The molecule has 3 aliphatic rings. The van der Waals surface area contributed by atoms with Crippen molar-refractivity contribution in [2.75, 3.05) is 32.7 Å². The van der Waals surface area contributed by atoms with E-state index in [0.717, 1.165) is 32.7 Å². The van der Waals surface area contributed by atoms with Crippen LogP contribution in [0.1, 0.15) is 26.2 Å². The molecule has 2 bridgehead atoms. The van der Waals surface area contributed by atoms with Gasteiger partial charge in [0, 0.05) is 32.2 Å². The molecule has 2 saturated carbocycles. The predicted octanol–water partition coefficient (Wildman–Crippen LogP) is 0.524. The molecule has 1 aliphatic heterocycles. The number of hydrogen-bond donors (Lipinski definition) is 1. The molecule has 1 heterocycles. The first kappa shape index (κ1) is 12.4. The number of rotatable bonds is 2. The van der Waals surface area contributed by atoms with Crippen LogP contribution in [0.3, 0.4) is 0 Å². The third-order valence-corrected chi connectivity index (χ3v) is 5.40. The number of fused-ring (bicyclic) bond motifs is 2. The Morgan fingerprint density at radius 2 is 1.83 bits per heavy atom. The molecule has 2 N–H and O–H groups in total. The van der Waals surface area contributed by atoms with Crippen LogP contribution in [0.4, 0.5) is 0 Å². The van der Waals surface area contributed by atoms with Crippen LogP contribution in [-0.4, -0.2) is 54.5 Å². The van der Waals surface area contributed by atoms with Gasteiger partial charge in [0.15, 0.2) is 0 Å². The second-order valence-electron chi connectivity index (χ2n) is 6.20. The number of carbonyl (C=O) groups excluding carboxylic acids is 1. The maximum absolute atomic E-state index is 12.6. The lowest BCUT2D eigenvalue weighted by molar-refractivity contribution is -0.139. The summed E-state index contributed by atoms with van der Waals surface area (Å²) in [5.41, 5.74) is 6.27. The zero-order valence-electron chi connectivity index (χ0n) is 11.3. The van der Waals surface area contributed by atoms with Gasteiger partial charge in [-0.05, 0) is 37.6 Å². The first-order chi connectivity index (χ1) is 8.70. The Hall–Kier alpha value is -0.610. The minimum atomic E-state index is 0.136. The van der Waals surface area contributed by atoms with Gasteiger partial charge in [0.05, 0.1) is 5.92 Å². The lowest BCUT2D eigenvalue weighted by Gasteiger charge is -2.38. The second kappa shape index (κ2) is 4.82. The minimum Gasteiger partial charge on any atom is -0.340 e. The van der Waals surface area contributed by atoms with Crippen molar-refractivity contribution < 1.29 is 4.79 Å². The number of piperazine rings is 1. The average molecular weight is 251 g/mol. The lowest BCUT2D eigenvalue weighted by atomic mass is 9.84. The standard InChI is InChI=1S/C14H25N3O/c1-2-16-5-7-17(8-6-16)14(18)12-10-3-4-11(9-10)13(12)15/h10-13H,2-9,15H2,1H3. The average Bonchev–Trinajstić information content (AvgIpc) is 2.99. The van der Waals surface area contributed by atoms with Crippen LogP contribution >= 0.6 is 0 Å². The first-order valence-electron chi connectivity index (χ1n) is 7.47. The van der Waals surface area contributed by atoms with Gasteiger partial charge in [0.2, 0.25) is 5.91 Å². The first-order valence-corrected chi connectivity index (χ1v) is 7.47. The highest BCUT2D eigenvalue weighted by Crippen LogP contribution is 2.48. The van der Waals surface area contributed by atoms with Crippen molar-refractivity contribution in [2.24, 2.45) is 23.5 Å². The summed E-state index contributed by atoms with van der Waals surface area (Å²) >= 11 is 0. The van der Waals surface area contributed by atoms with Crippen molar-refractivity contribution in [3.63, 3.8) is 0 Å². The highest BCUT2D eigenvalue weighted by Gasteiger charge is 2.50. The van der Waals surface area contributed by atoms with Crippen molar-refractivity contribution >= 4 is 5.91 Å². The van der Waals surface area contributed by atoms with E-state index in [0.29, 0.717) is 17.7 Å². The summed E-state index contributed by atoms with van der Waals surface area (Å²) in [7, 11) is 0. The molecular weight excluding hydrogens is 226 g/mol. The molecule has 0 spiro atoms. The normalized spacial score (nSPS) is 40.4. The Morgan fingerprint density at radius 3 is 2.39 bits per heavy atom. The van der Waals surface area contributed by atoms with Gasteiger partial charge in [0.25, 0.3) is 0 Å². The van der Waals surface area contributed by atoms with Gasteiger partial charge in [0.1, 0.15) is 0 Å². The Balaban J connectivity index is 1.62. The van der Waals surface area contributed by atoms with Crippen LogP contribution in [0.5, 0.6) is 0 Å². The number of nitrogens with two attached hydrogens (primary N) is 1. The molecule has 4 atom stereocenters. The van der Waals surface area contributed by atoms with Crippen molar-refractivity contribution in [3.05, 3.63) is 0 Å². The summed E-state index contributed by atoms with van der Waals surface area (Å²) in [5.74, 6) is 1.70. The van der Waals surface area contributed by atoms with E-state index in [1.54, 1.807) is 0 Å². The SMILES string of the molecule is CCN1CCN(C(=O)C2C3CCC(C3)C2N)CC1. The highest BCUT2D eigenvalue weighted by molar-refractivity contribution is 5.80. The molecule has 1 amide bonds. The van der Waals surface area contributed by atoms with E-state index in [-0.39, 0.29) is 12.0 Å². The van der Waals surface area contributed by atoms with E-state index in [9.17, 15) is 4.79 Å². The fraction of sp³-hybridized carbons (Fsp3) is 0.929. The van der Waals surface area contributed by atoms with E-state index < -0.39 is 0 Å². The molecule has 2 aliphatic carbocycles. The van der Waals surface area contributed by atoms with Gasteiger partial charge >= 0.3 is 0 Å². The van der Waals surface area contributed by atoms with E-state index >= 15 is 0 Å². The number of hydrogen-bond acceptors (Lipinski definition) is 3. The molecular formula is C14H25N3O. The van der Waals surface area contributed by atoms with Crippen LogP contribution in [0.15, 0.2) is 0 Å². The summed E-state index contributed by atoms with van der Waals surface area (Å²) in [6, 6.07) is 0.139. The van der Waals surface area contributed by atoms with E-state index in [1.807, 2.05) is 0 Å². The Bertz CT molecular complexity index is 323. The molecule has 0 aromatic rings. The summed E-state index contributed by atoms with van der Waals surface area (Å²) in [6.07, 6.45) is 3.68. The van der Waals surface area contributed by atoms with Crippen LogP contribution in [0.2, 0.25) is 0 Å². The molecule has 3 fully saturated rings. The molecule has 102 valence electrons. The zero-order chi connectivity index (χ0) is 12.7. The molecule has 1 saturated heterocycles. The molecule has 0 aromatic heterocycles. The van der Waals surface area contributed by atoms with Crippen molar-refractivity contribution in [2.45, 2.75) is 32.2 Å². The van der Waals surface area contributed by atoms with Crippen molar-refractivity contribution in [3.8, 4) is 0 Å². The Labute approximate surface area is 109 Å². The predicted molar refractivity (Wildman–Crippen MR) is 71.0 cm³/mol. The number of carbonyl (C=O) groups is 1. The maximum atomic E-state index is 12.6. The van der Waals surface area contributed by atoms with Gasteiger partial charge in [-0.1, -0.05) is 6.92 Å². The van der Waals surface area contributed by atoms with Gasteiger partial charge in [-0.15, -0.1) is 0 Å². The quantitative estimate of drug-likeness (QED) is 0.778. The lowest BCUT2D eigenvalue weighted by Crippen LogP contribution is -2.53. The summed E-state index contributed by atoms with van der Waals surface area (Å²) in [6.45, 7) is 7.12. The second-order valence-corrected chi connectivity index (χ2v) is 6.20. The molecule has 4 unspecified atom stereocenters. The number of likely N-dealkylation sites (N-methyl/N-ethyl adjacent to an activating group) is 1. The maximum Gasteiger partial charge on any atom is 0.227 e. The smallest absolute Gasteiger partial charge is 0.227 e. The topological polar surface area (TPSA) is 49.6 Å². The molecule has 3 rings (SSSR count). The molecule has 4 heteroatoms. The third-order valence-electron chi connectivity index (χ3n) is 5.40. The number of amides is 1. The summed E-state index contributed by atoms with van der Waals surface area (Å²) < 4.78 is 0. The van der Waals surface area contributed by atoms with Crippen LogP contribution in [-0.2, 0) is 4.79 Å². The fourth-order valence-corrected chi connectivity index (χ4v) is 4.20. The van der Waals surface area contributed by atoms with Crippen LogP contribution < -0.4 is 5.73 Å². The minimum absolute atomic E-state index is 0.136. The van der Waals surface area contributed by atoms with E-state index in [1.165, 1.54) is 19.3 Å². The van der Waals surface area contributed by atoms with E-state index in [4.69, 9.17) is 5.73 Å². The molecule has 18 heavy (non-hydrogen) atoms. The Kier molecular flexibility index (Phi) is 3.32. The number of nitrogens with zero attached hydrogens (tertiary/aromatic N) is 2. The zero-order valence-corrected chi connectivity index (χ0v) is 11.3. The summed E-state index contributed by atoms with van der Waals surface area (Å²) in [4.78, 5) is 17.1. The van der Waals surface area contributed by atoms with Crippen molar-refractivity contribution in [1.82, 2.24) is 9.80 Å². The van der Waals surface area contributed by atoms with Gasteiger partial charge in [-0.3, -0.25) is 4.79 Å². The van der Waals surface area contributed by atoms with Gasteiger partial charge in [-0.25, -0.2) is 0 Å². The molecule has 0 aromatic carbocycles. The monoisotopic (exact) mass is 251 g/mol.